The van der Waals surface area contributed by atoms with Crippen LogP contribution in [0.3, 0.4) is 0 Å². The maximum atomic E-state index is 12.2. The Morgan fingerprint density at radius 3 is 2.52 bits per heavy atom. The van der Waals surface area contributed by atoms with Crippen molar-refractivity contribution >= 4 is 41.6 Å². The zero-order chi connectivity index (χ0) is 18.4. The summed E-state index contributed by atoms with van der Waals surface area (Å²) in [5.41, 5.74) is 2.61. The lowest BCUT2D eigenvalue weighted by Gasteiger charge is -2.10. The molecule has 0 saturated heterocycles. The molecule has 0 spiro atoms. The summed E-state index contributed by atoms with van der Waals surface area (Å²) in [5, 5.41) is 8.72. The maximum Gasteiger partial charge on any atom is 0.338 e. The highest BCUT2D eigenvalue weighted by Crippen LogP contribution is 2.14. The van der Waals surface area contributed by atoms with E-state index >= 15 is 0 Å². The number of ether oxygens (including phenoxy) is 1. The van der Waals surface area contributed by atoms with E-state index in [0.29, 0.717) is 23.5 Å². The van der Waals surface area contributed by atoms with Crippen LogP contribution in [0.1, 0.15) is 22.8 Å². The average molecular weight is 389 g/mol. The molecule has 1 aliphatic heterocycles. The fraction of sp³-hybridized carbons (Fsp3) is 0.211. The highest BCUT2D eigenvalue weighted by atomic mass is 35.5. The van der Waals surface area contributed by atoms with Crippen LogP contribution in [0.5, 0.6) is 0 Å². The van der Waals surface area contributed by atoms with Crippen molar-refractivity contribution in [1.82, 2.24) is 5.32 Å². The fourth-order valence-electron chi connectivity index (χ4n) is 2.53. The molecule has 142 valence electrons. The Morgan fingerprint density at radius 1 is 1.11 bits per heavy atom. The predicted octanol–water partition coefficient (Wildman–Crippen LogP) is 3.28. The van der Waals surface area contributed by atoms with E-state index in [4.69, 9.17) is 4.74 Å². The minimum atomic E-state index is -0.385. The normalized spacial score (nSPS) is 12.3. The summed E-state index contributed by atoms with van der Waals surface area (Å²) in [6.45, 7) is 3.66. The summed E-state index contributed by atoms with van der Waals surface area (Å²) in [6.07, 6.45) is 0. The van der Waals surface area contributed by atoms with Crippen molar-refractivity contribution in [2.45, 2.75) is 6.92 Å². The summed E-state index contributed by atoms with van der Waals surface area (Å²) in [7, 11) is 0. The van der Waals surface area contributed by atoms with Crippen molar-refractivity contribution in [2.24, 2.45) is 4.99 Å². The summed E-state index contributed by atoms with van der Waals surface area (Å²) in [4.78, 5) is 28.2. The molecule has 7 nitrogen and oxygen atoms in total. The number of hydrogen-bond donors (Lipinski definition) is 3. The highest BCUT2D eigenvalue weighted by Gasteiger charge is 2.10. The second-order valence-electron chi connectivity index (χ2n) is 5.61. The second-order valence-corrected chi connectivity index (χ2v) is 5.61. The molecule has 3 rings (SSSR count). The van der Waals surface area contributed by atoms with Crippen LogP contribution in [0.25, 0.3) is 0 Å². The first-order chi connectivity index (χ1) is 12.7. The van der Waals surface area contributed by atoms with E-state index < -0.39 is 0 Å². The van der Waals surface area contributed by atoms with Crippen molar-refractivity contribution in [3.05, 3.63) is 59.7 Å². The molecule has 0 fully saturated rings. The molecule has 0 aliphatic carbocycles. The number of urea groups is 1. The molecule has 0 saturated carbocycles. The Morgan fingerprint density at radius 2 is 1.85 bits per heavy atom. The summed E-state index contributed by atoms with van der Waals surface area (Å²) >= 11 is 0. The van der Waals surface area contributed by atoms with Crippen LogP contribution in [0, 0.1) is 0 Å². The van der Waals surface area contributed by atoms with Gasteiger partial charge in [-0.25, -0.2) is 9.59 Å². The maximum absolute atomic E-state index is 12.2. The number of amidine groups is 1. The van der Waals surface area contributed by atoms with Gasteiger partial charge in [-0.1, -0.05) is 12.1 Å². The molecule has 0 bridgehead atoms. The summed E-state index contributed by atoms with van der Waals surface area (Å²) in [6, 6.07) is 13.6. The van der Waals surface area contributed by atoms with Gasteiger partial charge in [0.1, 0.15) is 5.84 Å². The van der Waals surface area contributed by atoms with Gasteiger partial charge in [0.05, 0.1) is 18.7 Å². The van der Waals surface area contributed by atoms with Crippen molar-refractivity contribution in [1.29, 1.82) is 0 Å². The van der Waals surface area contributed by atoms with Crippen molar-refractivity contribution in [3.8, 4) is 0 Å². The highest BCUT2D eigenvalue weighted by molar-refractivity contribution is 6.03. The van der Waals surface area contributed by atoms with Crippen molar-refractivity contribution in [3.63, 3.8) is 0 Å². The summed E-state index contributed by atoms with van der Waals surface area (Å²) in [5.74, 6) is 0.451. The molecule has 1 aliphatic rings. The molecule has 2 amide bonds. The van der Waals surface area contributed by atoms with E-state index in [-0.39, 0.29) is 24.4 Å². The third kappa shape index (κ3) is 5.46. The molecule has 8 heteroatoms. The number of esters is 1. The number of halogens is 1. The van der Waals surface area contributed by atoms with Gasteiger partial charge in [-0.2, -0.15) is 0 Å². The second kappa shape index (κ2) is 9.59. The molecule has 2 aromatic rings. The van der Waals surface area contributed by atoms with E-state index in [1.807, 2.05) is 24.3 Å². The molecular formula is C19H21ClN4O3. The van der Waals surface area contributed by atoms with Gasteiger partial charge in [-0.3, -0.25) is 4.99 Å². The van der Waals surface area contributed by atoms with E-state index in [1.165, 1.54) is 0 Å². The topological polar surface area (TPSA) is 91.8 Å². The minimum absolute atomic E-state index is 0. The van der Waals surface area contributed by atoms with Gasteiger partial charge in [0.15, 0.2) is 0 Å². The largest absolute Gasteiger partial charge is 0.462 e. The molecule has 0 aromatic heterocycles. The zero-order valence-electron chi connectivity index (χ0n) is 14.8. The van der Waals surface area contributed by atoms with Crippen LogP contribution in [-0.4, -0.2) is 37.5 Å². The Hall–Kier alpha value is -3.06. The van der Waals surface area contributed by atoms with E-state index in [0.717, 1.165) is 24.5 Å². The van der Waals surface area contributed by atoms with Gasteiger partial charge in [0.2, 0.25) is 0 Å². The Kier molecular flexibility index (Phi) is 7.19. The fourth-order valence-corrected chi connectivity index (χ4v) is 2.53. The molecule has 3 N–H and O–H groups in total. The Labute approximate surface area is 163 Å². The first-order valence-corrected chi connectivity index (χ1v) is 8.39. The van der Waals surface area contributed by atoms with Crippen LogP contribution >= 0.6 is 12.4 Å². The molecular weight excluding hydrogens is 368 g/mol. The average Bonchev–Trinajstić information content (AvgIpc) is 3.17. The first-order valence-electron chi connectivity index (χ1n) is 8.39. The molecule has 2 aromatic carbocycles. The van der Waals surface area contributed by atoms with E-state index in [2.05, 4.69) is 20.9 Å². The van der Waals surface area contributed by atoms with Gasteiger partial charge in [0, 0.05) is 23.5 Å². The number of rotatable bonds is 5. The zero-order valence-corrected chi connectivity index (χ0v) is 15.6. The number of carbonyl (C=O) groups excluding carboxylic acids is 2. The van der Waals surface area contributed by atoms with Gasteiger partial charge < -0.3 is 20.7 Å². The molecule has 1 heterocycles. The first kappa shape index (κ1) is 20.3. The Bertz CT molecular complexity index is 837. The molecule has 27 heavy (non-hydrogen) atoms. The van der Waals surface area contributed by atoms with Gasteiger partial charge in [-0.05, 0) is 43.3 Å². The van der Waals surface area contributed by atoms with Gasteiger partial charge in [0.25, 0.3) is 0 Å². The minimum Gasteiger partial charge on any atom is -0.462 e. The SMILES string of the molecule is CCOC(=O)c1ccc(NC(=O)Nc2cccc(C3=NCCN3)c2)cc1.Cl. The number of nitrogens with zero attached hydrogens (tertiary/aromatic N) is 1. The van der Waals surface area contributed by atoms with Crippen molar-refractivity contribution < 1.29 is 14.3 Å². The monoisotopic (exact) mass is 388 g/mol. The standard InChI is InChI=1S/C19H20N4O3.ClH/c1-2-26-18(24)13-6-8-15(9-7-13)22-19(25)23-16-5-3-4-14(12-16)17-20-10-11-21-17;/h3-9,12H,2,10-11H2,1H3,(H,20,21)(H2,22,23,25);1H. The quantitative estimate of drug-likeness (QED) is 0.685. The number of benzene rings is 2. The third-order valence-electron chi connectivity index (χ3n) is 3.72. The van der Waals surface area contributed by atoms with Crippen LogP contribution in [0.15, 0.2) is 53.5 Å². The van der Waals surface area contributed by atoms with Crippen LogP contribution in [-0.2, 0) is 4.74 Å². The molecule has 0 radical (unpaired) electrons. The van der Waals surface area contributed by atoms with Crippen LogP contribution < -0.4 is 16.0 Å². The number of nitrogens with one attached hydrogen (secondary N) is 3. The van der Waals surface area contributed by atoms with E-state index in [9.17, 15) is 9.59 Å². The number of amides is 2. The lowest BCUT2D eigenvalue weighted by atomic mass is 10.2. The smallest absolute Gasteiger partial charge is 0.338 e. The van der Waals surface area contributed by atoms with E-state index in [1.54, 1.807) is 31.2 Å². The number of carbonyl (C=O) groups is 2. The lowest BCUT2D eigenvalue weighted by Crippen LogP contribution is -2.21. The van der Waals surface area contributed by atoms with Crippen molar-refractivity contribution in [2.75, 3.05) is 30.3 Å². The number of hydrogen-bond acceptors (Lipinski definition) is 5. The number of aliphatic imine (C=N–C) groups is 1. The Balaban J connectivity index is 0.00000261. The summed E-state index contributed by atoms with van der Waals surface area (Å²) < 4.78 is 4.93. The third-order valence-corrected chi connectivity index (χ3v) is 3.72. The van der Waals surface area contributed by atoms with Crippen LogP contribution in [0.2, 0.25) is 0 Å². The molecule has 0 unspecified atom stereocenters. The van der Waals surface area contributed by atoms with Gasteiger partial charge in [-0.15, -0.1) is 12.4 Å². The lowest BCUT2D eigenvalue weighted by molar-refractivity contribution is 0.0526. The molecule has 0 atom stereocenters. The predicted molar refractivity (Wildman–Crippen MR) is 108 cm³/mol. The van der Waals surface area contributed by atoms with Crippen LogP contribution in [0.4, 0.5) is 16.2 Å². The number of anilines is 2. The van der Waals surface area contributed by atoms with Gasteiger partial charge >= 0.3 is 12.0 Å².